The summed E-state index contributed by atoms with van der Waals surface area (Å²) in [6.07, 6.45) is 4.35. The lowest BCUT2D eigenvalue weighted by Gasteiger charge is -2.31. The highest BCUT2D eigenvalue weighted by Gasteiger charge is 2.20. The molecule has 3 rings (SSSR count). The fourth-order valence-corrected chi connectivity index (χ4v) is 3.72. The Bertz CT molecular complexity index is 935. The number of amides is 3. The maximum absolute atomic E-state index is 13.0. The highest BCUT2D eigenvalue weighted by atomic mass is 16.2. The summed E-state index contributed by atoms with van der Waals surface area (Å²) >= 11 is 0. The largest absolute Gasteiger partial charge is 0.371 e. The molecule has 0 saturated carbocycles. The van der Waals surface area contributed by atoms with Gasteiger partial charge in [0.1, 0.15) is 0 Å². The van der Waals surface area contributed by atoms with Gasteiger partial charge in [0.15, 0.2) is 0 Å². The van der Waals surface area contributed by atoms with Gasteiger partial charge in [0.05, 0.1) is 5.56 Å². The number of nitrogens with zero attached hydrogens (tertiary/aromatic N) is 1. The molecule has 6 heteroatoms. The van der Waals surface area contributed by atoms with E-state index in [0.717, 1.165) is 49.3 Å². The summed E-state index contributed by atoms with van der Waals surface area (Å²) in [5.41, 5.74) is 5.16. The Balaban J connectivity index is 1.79. The van der Waals surface area contributed by atoms with Crippen molar-refractivity contribution < 1.29 is 9.59 Å². The lowest BCUT2D eigenvalue weighted by molar-refractivity contribution is 0.0939. The van der Waals surface area contributed by atoms with E-state index in [4.69, 9.17) is 0 Å². The van der Waals surface area contributed by atoms with Crippen LogP contribution in [-0.4, -0.2) is 31.1 Å². The summed E-state index contributed by atoms with van der Waals surface area (Å²) in [5, 5.41) is 8.80. The Kier molecular flexibility index (Phi) is 7.55. The van der Waals surface area contributed by atoms with E-state index in [1.54, 1.807) is 6.07 Å². The fourth-order valence-electron chi connectivity index (χ4n) is 3.72. The van der Waals surface area contributed by atoms with Gasteiger partial charge < -0.3 is 20.9 Å². The van der Waals surface area contributed by atoms with Crippen LogP contribution in [0.5, 0.6) is 0 Å². The van der Waals surface area contributed by atoms with Gasteiger partial charge in [-0.3, -0.25) is 4.79 Å². The van der Waals surface area contributed by atoms with Crippen LogP contribution in [0, 0.1) is 13.8 Å². The second-order valence-corrected chi connectivity index (χ2v) is 8.44. The van der Waals surface area contributed by atoms with Crippen molar-refractivity contribution in [2.24, 2.45) is 0 Å². The zero-order valence-electron chi connectivity index (χ0n) is 19.0. The standard InChI is InChI=1S/C25H34N4O2/c1-5-19(4)26-24(30)22-16-21(11-12-23(22)29-13-7-6-8-14-29)28-25(31)27-20-10-9-17(2)18(3)15-20/h9-12,15-16,19H,5-8,13-14H2,1-4H3,(H,26,30)(H2,27,28,31). The van der Waals surface area contributed by atoms with Crippen LogP contribution in [0.4, 0.5) is 21.9 Å². The molecular formula is C25H34N4O2. The molecule has 0 aliphatic carbocycles. The summed E-state index contributed by atoms with van der Waals surface area (Å²) in [6.45, 7) is 9.99. The molecule has 0 aromatic heterocycles. The van der Waals surface area contributed by atoms with Gasteiger partial charge >= 0.3 is 6.03 Å². The van der Waals surface area contributed by atoms with E-state index in [1.165, 1.54) is 12.0 Å². The minimum absolute atomic E-state index is 0.0893. The molecule has 0 spiro atoms. The summed E-state index contributed by atoms with van der Waals surface area (Å²) in [4.78, 5) is 27.8. The average Bonchev–Trinajstić information content (AvgIpc) is 2.76. The fraction of sp³-hybridized carbons (Fsp3) is 0.440. The first-order valence-corrected chi connectivity index (χ1v) is 11.2. The molecule has 166 valence electrons. The molecule has 1 aliphatic heterocycles. The van der Waals surface area contributed by atoms with Gasteiger partial charge in [0.25, 0.3) is 5.91 Å². The van der Waals surface area contributed by atoms with Crippen molar-refractivity contribution in [3.8, 4) is 0 Å². The van der Waals surface area contributed by atoms with Crippen molar-refractivity contribution in [2.75, 3.05) is 28.6 Å². The maximum atomic E-state index is 13.0. The second kappa shape index (κ2) is 10.3. The smallest absolute Gasteiger partial charge is 0.323 e. The van der Waals surface area contributed by atoms with E-state index in [0.29, 0.717) is 11.3 Å². The number of urea groups is 1. The Morgan fingerprint density at radius 1 is 0.935 bits per heavy atom. The van der Waals surface area contributed by atoms with Crippen molar-refractivity contribution in [3.63, 3.8) is 0 Å². The first-order chi connectivity index (χ1) is 14.9. The van der Waals surface area contributed by atoms with Crippen LogP contribution in [0.15, 0.2) is 36.4 Å². The van der Waals surface area contributed by atoms with Gasteiger partial charge in [-0.25, -0.2) is 4.79 Å². The summed E-state index contributed by atoms with van der Waals surface area (Å²) in [6, 6.07) is 11.2. The number of carbonyl (C=O) groups excluding carboxylic acids is 2. The molecule has 2 aromatic carbocycles. The minimum atomic E-state index is -0.331. The van der Waals surface area contributed by atoms with Crippen LogP contribution in [0.25, 0.3) is 0 Å². The van der Waals surface area contributed by atoms with Crippen LogP contribution < -0.4 is 20.9 Å². The molecule has 1 saturated heterocycles. The predicted octanol–water partition coefficient (Wildman–Crippen LogP) is 5.47. The van der Waals surface area contributed by atoms with E-state index in [-0.39, 0.29) is 18.0 Å². The van der Waals surface area contributed by atoms with Gasteiger partial charge in [-0.05, 0) is 87.9 Å². The van der Waals surface area contributed by atoms with Gasteiger partial charge in [-0.15, -0.1) is 0 Å². The molecule has 3 amide bonds. The second-order valence-electron chi connectivity index (χ2n) is 8.44. The predicted molar refractivity (Wildman–Crippen MR) is 128 cm³/mol. The number of benzene rings is 2. The number of aryl methyl sites for hydroxylation is 2. The van der Waals surface area contributed by atoms with Gasteiger partial charge in [-0.1, -0.05) is 13.0 Å². The molecule has 3 N–H and O–H groups in total. The van der Waals surface area contributed by atoms with E-state index in [2.05, 4.69) is 20.9 Å². The van der Waals surface area contributed by atoms with Crippen LogP contribution in [0.3, 0.4) is 0 Å². The molecule has 1 fully saturated rings. The number of nitrogens with one attached hydrogen (secondary N) is 3. The van der Waals surface area contributed by atoms with Crippen molar-refractivity contribution in [1.82, 2.24) is 5.32 Å². The number of carbonyl (C=O) groups is 2. The van der Waals surface area contributed by atoms with E-state index in [1.807, 2.05) is 58.0 Å². The molecule has 1 atom stereocenters. The number of rotatable bonds is 6. The van der Waals surface area contributed by atoms with Gasteiger partial charge in [0.2, 0.25) is 0 Å². The number of anilines is 3. The van der Waals surface area contributed by atoms with Crippen LogP contribution in [0.2, 0.25) is 0 Å². The van der Waals surface area contributed by atoms with Crippen molar-refractivity contribution in [1.29, 1.82) is 0 Å². The molecule has 1 heterocycles. The van der Waals surface area contributed by atoms with Crippen LogP contribution in [-0.2, 0) is 0 Å². The zero-order valence-corrected chi connectivity index (χ0v) is 19.0. The topological polar surface area (TPSA) is 73.5 Å². The Morgan fingerprint density at radius 3 is 2.23 bits per heavy atom. The molecular weight excluding hydrogens is 388 g/mol. The Labute approximate surface area is 185 Å². The van der Waals surface area contributed by atoms with E-state index < -0.39 is 0 Å². The summed E-state index contributed by atoms with van der Waals surface area (Å²) in [7, 11) is 0. The van der Waals surface area contributed by atoms with Gasteiger partial charge in [-0.2, -0.15) is 0 Å². The van der Waals surface area contributed by atoms with Crippen LogP contribution >= 0.6 is 0 Å². The minimum Gasteiger partial charge on any atom is -0.371 e. The van der Waals surface area contributed by atoms with Gasteiger partial charge in [0, 0.05) is 36.2 Å². The van der Waals surface area contributed by atoms with E-state index >= 15 is 0 Å². The Morgan fingerprint density at radius 2 is 1.58 bits per heavy atom. The highest BCUT2D eigenvalue weighted by Crippen LogP contribution is 2.27. The highest BCUT2D eigenvalue weighted by molar-refractivity contribution is 6.04. The first-order valence-electron chi connectivity index (χ1n) is 11.2. The lowest BCUT2D eigenvalue weighted by Crippen LogP contribution is -2.35. The number of hydrogen-bond donors (Lipinski definition) is 3. The quantitative estimate of drug-likeness (QED) is 0.578. The third-order valence-electron chi connectivity index (χ3n) is 5.95. The first kappa shape index (κ1) is 22.7. The number of piperidine rings is 1. The maximum Gasteiger partial charge on any atom is 0.323 e. The average molecular weight is 423 g/mol. The zero-order chi connectivity index (χ0) is 22.4. The van der Waals surface area contributed by atoms with Crippen molar-refractivity contribution >= 4 is 29.0 Å². The summed E-state index contributed by atoms with van der Waals surface area (Å²) < 4.78 is 0. The van der Waals surface area contributed by atoms with Crippen molar-refractivity contribution in [2.45, 2.75) is 59.4 Å². The molecule has 1 aliphatic rings. The number of hydrogen-bond acceptors (Lipinski definition) is 3. The molecule has 6 nitrogen and oxygen atoms in total. The molecule has 1 unspecified atom stereocenters. The molecule has 2 aromatic rings. The molecule has 0 bridgehead atoms. The normalized spacial score (nSPS) is 14.6. The molecule has 0 radical (unpaired) electrons. The SMILES string of the molecule is CCC(C)NC(=O)c1cc(NC(=O)Nc2ccc(C)c(C)c2)ccc1N1CCCCC1. The summed E-state index contributed by atoms with van der Waals surface area (Å²) in [5.74, 6) is -0.104. The molecule has 31 heavy (non-hydrogen) atoms. The third kappa shape index (κ3) is 6.00. The monoisotopic (exact) mass is 422 g/mol. The Hall–Kier alpha value is -3.02. The lowest BCUT2D eigenvalue weighted by atomic mass is 10.1. The van der Waals surface area contributed by atoms with E-state index in [9.17, 15) is 9.59 Å². The van der Waals surface area contributed by atoms with Crippen LogP contribution in [0.1, 0.15) is 61.0 Å². The third-order valence-corrected chi connectivity index (χ3v) is 5.95. The van der Waals surface area contributed by atoms with Crippen molar-refractivity contribution in [3.05, 3.63) is 53.1 Å².